The van der Waals surface area contributed by atoms with Crippen molar-refractivity contribution in [1.29, 1.82) is 0 Å². The van der Waals surface area contributed by atoms with Crippen molar-refractivity contribution in [1.82, 2.24) is 0 Å². The molecule has 0 fully saturated rings. The first kappa shape index (κ1) is 45.5. The molecule has 0 saturated carbocycles. The molecule has 0 nitrogen and oxygen atoms in total. The summed E-state index contributed by atoms with van der Waals surface area (Å²) in [6, 6.07) is 31.1. The second-order valence-corrected chi connectivity index (χ2v) is 19.6. The molecule has 0 amide bonds. The zero-order valence-electron chi connectivity index (χ0n) is 28.6. The quantitative estimate of drug-likeness (QED) is 0.124. The maximum absolute atomic E-state index is 5.94. The number of halogens is 8. The number of allylic oxidation sites excluding steroid dienone is 4. The van der Waals surface area contributed by atoms with Gasteiger partial charge in [-0.15, -0.1) is 46.2 Å². The summed E-state index contributed by atoms with van der Waals surface area (Å²) in [5.74, 6) is 0. The summed E-state index contributed by atoms with van der Waals surface area (Å²) < 4.78 is -1.82. The van der Waals surface area contributed by atoms with Crippen molar-refractivity contribution in [3.8, 4) is 0 Å². The van der Waals surface area contributed by atoms with Gasteiger partial charge in [0.25, 0.3) is 0 Å². The smallest absolute Gasteiger partial charge is 0.109 e. The third-order valence-corrected chi connectivity index (χ3v) is 10.7. The average molecular weight is 906 g/mol. The van der Waals surface area contributed by atoms with Crippen molar-refractivity contribution in [3.05, 3.63) is 149 Å². The van der Waals surface area contributed by atoms with Crippen LogP contribution in [-0.2, 0) is 42.7 Å². The zero-order valence-corrected chi connectivity index (χ0v) is 37.1. The van der Waals surface area contributed by atoms with Crippen LogP contribution in [0.1, 0.15) is 81.3 Å². The van der Waals surface area contributed by atoms with E-state index in [1.807, 2.05) is 48.6 Å². The van der Waals surface area contributed by atoms with Crippen molar-refractivity contribution in [2.24, 2.45) is 0 Å². The van der Waals surface area contributed by atoms with Crippen LogP contribution in [0.2, 0.25) is 0 Å². The summed E-state index contributed by atoms with van der Waals surface area (Å²) in [4.78, 5) is 0. The molecule has 0 N–H and O–H groups in total. The predicted octanol–water partition coefficient (Wildman–Crippen LogP) is 8.08. The maximum Gasteiger partial charge on any atom is -0.109 e. The molecule has 6 rings (SSSR count). The normalized spacial score (nSPS) is 12.8. The minimum atomic E-state index is -1.45. The second-order valence-electron chi connectivity index (χ2n) is 13.8. The zero-order chi connectivity index (χ0) is 35.5. The first-order valence-corrected chi connectivity index (χ1v) is 19.0. The van der Waals surface area contributed by atoms with Crippen LogP contribution in [0, 0.1) is 6.08 Å². The Hall–Kier alpha value is -0.697. The van der Waals surface area contributed by atoms with E-state index < -0.39 is 7.59 Å². The van der Waals surface area contributed by atoms with Crippen molar-refractivity contribution >= 4 is 94.4 Å². The molecular weight excluding hydrogens is 867 g/mol. The monoisotopic (exact) mass is 900 g/mol. The van der Waals surface area contributed by atoms with Gasteiger partial charge in [-0.3, -0.25) is 6.08 Å². The molecule has 0 spiro atoms. The number of hydrogen-bond donors (Lipinski definition) is 0. The van der Waals surface area contributed by atoms with Gasteiger partial charge in [-0.1, -0.05) is 76.9 Å². The second kappa shape index (κ2) is 18.6. The van der Waals surface area contributed by atoms with Gasteiger partial charge in [-0.2, -0.15) is 6.08 Å². The number of fused-ring (bicyclic) bond motifs is 3. The summed E-state index contributed by atoms with van der Waals surface area (Å²) in [5.41, 5.74) is 6.39. The summed E-state index contributed by atoms with van der Waals surface area (Å²) >= 11 is 36.9. The Balaban J connectivity index is 0.000000293. The molecule has 9 heteroatoms. The van der Waals surface area contributed by atoms with Crippen LogP contribution in [0.4, 0.5) is 0 Å². The van der Waals surface area contributed by atoms with Gasteiger partial charge >= 0.3 is 175 Å². The first-order valence-electron chi connectivity index (χ1n) is 15.5. The molecule has 0 heterocycles. The van der Waals surface area contributed by atoms with E-state index in [2.05, 4.69) is 96.2 Å². The summed E-state index contributed by atoms with van der Waals surface area (Å²) in [5, 5.41) is 5.49. The number of benzene rings is 4. The molecule has 0 saturated heterocycles. The SMILES string of the molecule is CC(C)(C)c1ccc2[cH-]c3ccc(C(C)(C)C)cc3c2c1.ClC(Cl)(Cl)c1cccc([C](=[Zr+2])c2cccc(C(Cl)(Cl)Cl)c2)c1.[C-]1=CC=CC1.[Cl-].[Cl-]. The third kappa shape index (κ3) is 12.4. The molecule has 5 aromatic rings. The van der Waals surface area contributed by atoms with Gasteiger partial charge in [0.05, 0.1) is 0 Å². The summed E-state index contributed by atoms with van der Waals surface area (Å²) in [6.07, 6.45) is 10.0. The van der Waals surface area contributed by atoms with E-state index in [0.717, 1.165) is 20.8 Å². The van der Waals surface area contributed by atoms with Gasteiger partial charge in [-0.25, -0.2) is 12.2 Å². The Morgan fingerprint density at radius 2 is 1.02 bits per heavy atom. The topological polar surface area (TPSA) is 0 Å². The molecule has 5 aromatic carbocycles. The largest absolute Gasteiger partial charge is 1.00 e. The molecule has 264 valence electrons. The Morgan fingerprint density at radius 3 is 1.32 bits per heavy atom. The van der Waals surface area contributed by atoms with Gasteiger partial charge in [0, 0.05) is 0 Å². The van der Waals surface area contributed by atoms with E-state index in [1.54, 1.807) is 12.1 Å². The maximum atomic E-state index is 5.94. The van der Waals surface area contributed by atoms with E-state index in [9.17, 15) is 0 Å². The Morgan fingerprint density at radius 1 is 0.600 bits per heavy atom. The van der Waals surface area contributed by atoms with Gasteiger partial charge in [0.2, 0.25) is 0 Å². The molecule has 0 aliphatic heterocycles. The van der Waals surface area contributed by atoms with Gasteiger partial charge in [0.15, 0.2) is 0 Å². The fourth-order valence-corrected chi connectivity index (χ4v) is 6.61. The minimum absolute atomic E-state index is 0. The molecule has 0 aromatic heterocycles. The van der Waals surface area contributed by atoms with Crippen molar-refractivity contribution in [3.63, 3.8) is 0 Å². The summed E-state index contributed by atoms with van der Waals surface area (Å²) in [6.45, 7) is 13.7. The molecule has 1 aliphatic rings. The fraction of sp³-hybridized carbons (Fsp3) is 0.268. The Kier molecular flexibility index (Phi) is 16.9. The Bertz CT molecular complexity index is 1820. The molecule has 0 atom stereocenters. The molecule has 0 bridgehead atoms. The third-order valence-electron chi connectivity index (χ3n) is 7.98. The van der Waals surface area contributed by atoms with Crippen LogP contribution < -0.4 is 24.8 Å². The van der Waals surface area contributed by atoms with E-state index >= 15 is 0 Å². The van der Waals surface area contributed by atoms with Crippen LogP contribution in [0.5, 0.6) is 0 Å². The minimum Gasteiger partial charge on any atom is -1.00 e. The molecular formula is C41H38Cl8Zr-2. The average Bonchev–Trinajstić information content (AvgIpc) is 3.71. The standard InChI is InChI=1S/C21H25.C15H8Cl6.C5H5.2ClH.Zr/c1-20(2,3)16-9-7-14-11-15-8-10-17(21(4,5)6)13-19(15)18(14)12-16;16-14(17,18)12-5-1-3-10(8-12)7-11-4-2-6-13(9-11)15(19,20)21;1-2-4-5-3-1;;;/h7-13H,1-6H3;1-6,8-9H;1-3H,4H2;2*1H;/q-1;;-1;;;+2/p-2. The number of rotatable bonds is 2. The first-order chi connectivity index (χ1) is 22.2. The van der Waals surface area contributed by atoms with Crippen LogP contribution >= 0.6 is 69.6 Å². The van der Waals surface area contributed by atoms with Gasteiger partial charge < -0.3 is 24.8 Å². The molecule has 1 aliphatic carbocycles. The molecule has 50 heavy (non-hydrogen) atoms. The fourth-order valence-electron chi connectivity index (χ4n) is 5.14. The molecule has 0 radical (unpaired) electrons. The van der Waals surface area contributed by atoms with E-state index in [1.165, 1.54) is 56.9 Å². The van der Waals surface area contributed by atoms with E-state index in [-0.39, 0.29) is 35.6 Å². The summed E-state index contributed by atoms with van der Waals surface area (Å²) in [7, 11) is 0. The van der Waals surface area contributed by atoms with Crippen molar-refractivity contribution in [2.75, 3.05) is 0 Å². The van der Waals surface area contributed by atoms with Crippen LogP contribution in [0.25, 0.3) is 21.5 Å². The van der Waals surface area contributed by atoms with E-state index in [4.69, 9.17) is 69.6 Å². The van der Waals surface area contributed by atoms with Crippen LogP contribution in [0.3, 0.4) is 0 Å². The van der Waals surface area contributed by atoms with E-state index in [0.29, 0.717) is 11.1 Å². The van der Waals surface area contributed by atoms with Crippen LogP contribution in [0.15, 0.2) is 109 Å². The van der Waals surface area contributed by atoms with Gasteiger partial charge in [0.1, 0.15) is 0 Å². The molecule has 0 unspecified atom stereocenters. The Labute approximate surface area is 355 Å². The van der Waals surface area contributed by atoms with Crippen LogP contribution in [-0.4, -0.2) is 3.21 Å². The van der Waals surface area contributed by atoms with Crippen molar-refractivity contribution in [2.45, 2.75) is 66.4 Å². The van der Waals surface area contributed by atoms with Gasteiger partial charge in [-0.05, 0) is 10.8 Å². The number of hydrogen-bond acceptors (Lipinski definition) is 0. The van der Waals surface area contributed by atoms with Crippen molar-refractivity contribution < 1.29 is 49.0 Å². The number of alkyl halides is 6. The predicted molar refractivity (Wildman–Crippen MR) is 211 cm³/mol.